The Hall–Kier alpha value is -1.44. The van der Waals surface area contributed by atoms with Crippen molar-refractivity contribution in [2.75, 3.05) is 19.5 Å². The molecule has 114 valence electrons. The Kier molecular flexibility index (Phi) is 3.12. The topological polar surface area (TPSA) is 87.2 Å². The zero-order chi connectivity index (χ0) is 15.4. The van der Waals surface area contributed by atoms with Gasteiger partial charge in [-0.05, 0) is 25.1 Å². The van der Waals surface area contributed by atoms with Crippen molar-refractivity contribution < 1.29 is 13.2 Å². The Morgan fingerprint density at radius 2 is 2.19 bits per heavy atom. The third-order valence-corrected chi connectivity index (χ3v) is 5.42. The van der Waals surface area contributed by atoms with Gasteiger partial charge in [-0.15, -0.1) is 0 Å². The van der Waals surface area contributed by atoms with Gasteiger partial charge >= 0.3 is 0 Å². The van der Waals surface area contributed by atoms with Gasteiger partial charge in [-0.3, -0.25) is 0 Å². The minimum absolute atomic E-state index is 0.123. The highest BCUT2D eigenvalue weighted by atomic mass is 32.2. The highest BCUT2D eigenvalue weighted by molar-refractivity contribution is 7.90. The molecule has 2 unspecified atom stereocenters. The molecule has 0 radical (unpaired) electrons. The molecule has 2 aromatic rings. The molecule has 1 saturated heterocycles. The van der Waals surface area contributed by atoms with Crippen molar-refractivity contribution in [1.82, 2.24) is 9.55 Å². The van der Waals surface area contributed by atoms with Crippen molar-refractivity contribution in [3.05, 3.63) is 24.0 Å². The first-order valence-corrected chi connectivity index (χ1v) is 8.63. The van der Waals surface area contributed by atoms with E-state index in [-0.39, 0.29) is 16.4 Å². The van der Waals surface area contributed by atoms with E-state index in [4.69, 9.17) is 10.5 Å². The predicted molar refractivity (Wildman–Crippen MR) is 80.0 cm³/mol. The summed E-state index contributed by atoms with van der Waals surface area (Å²) < 4.78 is 30.8. The fourth-order valence-electron chi connectivity index (χ4n) is 2.84. The largest absolute Gasteiger partial charge is 0.379 e. The smallest absolute Gasteiger partial charge is 0.175 e. The van der Waals surface area contributed by atoms with Gasteiger partial charge < -0.3 is 15.0 Å². The molecule has 21 heavy (non-hydrogen) atoms. The van der Waals surface area contributed by atoms with E-state index in [1.54, 1.807) is 18.2 Å². The van der Waals surface area contributed by atoms with Crippen LogP contribution in [0.5, 0.6) is 0 Å². The number of imidazole rings is 1. The van der Waals surface area contributed by atoms with Crippen LogP contribution in [0, 0.1) is 0 Å². The number of ether oxygens (including phenoxy) is 1. The number of nitrogens with zero attached hydrogens (tertiary/aromatic N) is 2. The third-order valence-electron chi connectivity index (χ3n) is 4.31. The molecule has 0 bridgehead atoms. The molecule has 0 amide bonds. The first-order valence-electron chi connectivity index (χ1n) is 6.74. The summed E-state index contributed by atoms with van der Waals surface area (Å²) in [5, 5.41) is 0. The lowest BCUT2D eigenvalue weighted by Gasteiger charge is -2.26. The van der Waals surface area contributed by atoms with E-state index in [9.17, 15) is 8.42 Å². The number of hydrogen-bond acceptors (Lipinski definition) is 5. The fourth-order valence-corrected chi connectivity index (χ4v) is 3.48. The summed E-state index contributed by atoms with van der Waals surface area (Å²) in [6.07, 6.45) is 1.19. The monoisotopic (exact) mass is 309 g/mol. The van der Waals surface area contributed by atoms with Crippen LogP contribution in [0.2, 0.25) is 0 Å². The van der Waals surface area contributed by atoms with Gasteiger partial charge in [-0.1, -0.05) is 0 Å². The van der Waals surface area contributed by atoms with Gasteiger partial charge in [-0.2, -0.15) is 0 Å². The number of sulfone groups is 1. The van der Waals surface area contributed by atoms with E-state index < -0.39 is 9.84 Å². The summed E-state index contributed by atoms with van der Waals surface area (Å²) in [5.74, 6) is 0.827. The standard InChI is InChI=1S/C14H19N3O3S/c1-14(8-20-7-12(14)15)13-16-10-6-9(21(3,18)19)4-5-11(10)17(13)2/h4-6,12H,7-8,15H2,1-3H3. The second kappa shape index (κ2) is 4.53. The van der Waals surface area contributed by atoms with Crippen LogP contribution in [0.15, 0.2) is 23.1 Å². The van der Waals surface area contributed by atoms with Crippen LogP contribution >= 0.6 is 0 Å². The third kappa shape index (κ3) is 2.16. The number of hydrogen-bond donors (Lipinski definition) is 1. The zero-order valence-electron chi connectivity index (χ0n) is 12.3. The second-order valence-electron chi connectivity index (χ2n) is 5.96. The van der Waals surface area contributed by atoms with Gasteiger partial charge in [0, 0.05) is 19.3 Å². The summed E-state index contributed by atoms with van der Waals surface area (Å²) in [7, 11) is -1.32. The Labute approximate surface area is 123 Å². The van der Waals surface area contributed by atoms with Crippen LogP contribution in [-0.4, -0.2) is 43.5 Å². The summed E-state index contributed by atoms with van der Waals surface area (Å²) in [6, 6.07) is 4.88. The molecule has 1 aromatic heterocycles. The molecule has 0 saturated carbocycles. The van der Waals surface area contributed by atoms with E-state index in [1.807, 2.05) is 18.5 Å². The number of rotatable bonds is 2. The maximum atomic E-state index is 11.7. The van der Waals surface area contributed by atoms with E-state index >= 15 is 0 Å². The Balaban J connectivity index is 2.20. The average molecular weight is 309 g/mol. The lowest BCUT2D eigenvalue weighted by atomic mass is 9.85. The van der Waals surface area contributed by atoms with Gasteiger partial charge in [-0.25, -0.2) is 13.4 Å². The number of nitrogens with two attached hydrogens (primary N) is 1. The van der Waals surface area contributed by atoms with Gasteiger partial charge in [0.25, 0.3) is 0 Å². The normalized spacial score (nSPS) is 26.6. The fraction of sp³-hybridized carbons (Fsp3) is 0.500. The van der Waals surface area contributed by atoms with Crippen molar-refractivity contribution in [3.8, 4) is 0 Å². The van der Waals surface area contributed by atoms with Crippen LogP contribution in [0.1, 0.15) is 12.7 Å². The van der Waals surface area contributed by atoms with Crippen LogP contribution in [0.25, 0.3) is 11.0 Å². The second-order valence-corrected chi connectivity index (χ2v) is 7.97. The average Bonchev–Trinajstić information content (AvgIpc) is 2.91. The van der Waals surface area contributed by atoms with Crippen molar-refractivity contribution >= 4 is 20.9 Å². The lowest BCUT2D eigenvalue weighted by molar-refractivity contribution is 0.177. The molecule has 1 aromatic carbocycles. The number of fused-ring (bicyclic) bond motifs is 1. The highest BCUT2D eigenvalue weighted by Gasteiger charge is 2.42. The molecule has 3 rings (SSSR count). The molecule has 0 spiro atoms. The molecule has 2 N–H and O–H groups in total. The van der Waals surface area contributed by atoms with E-state index in [0.29, 0.717) is 18.7 Å². The molecule has 1 aliphatic rings. The minimum atomic E-state index is -3.24. The maximum Gasteiger partial charge on any atom is 0.175 e. The molecule has 7 heteroatoms. The zero-order valence-corrected chi connectivity index (χ0v) is 13.1. The molecule has 0 aliphatic carbocycles. The van der Waals surface area contributed by atoms with E-state index in [0.717, 1.165) is 11.3 Å². The molecular formula is C14H19N3O3S. The van der Waals surface area contributed by atoms with Crippen molar-refractivity contribution in [1.29, 1.82) is 0 Å². The lowest BCUT2D eigenvalue weighted by Crippen LogP contribution is -2.43. The Morgan fingerprint density at radius 1 is 1.48 bits per heavy atom. The van der Waals surface area contributed by atoms with Gasteiger partial charge in [0.2, 0.25) is 0 Å². The number of benzene rings is 1. The summed E-state index contributed by atoms with van der Waals surface area (Å²) >= 11 is 0. The van der Waals surface area contributed by atoms with Crippen molar-refractivity contribution in [3.63, 3.8) is 0 Å². The first kappa shape index (κ1) is 14.5. The SMILES string of the molecule is Cn1c(C2(C)COCC2N)nc2cc(S(C)(=O)=O)ccc21. The summed E-state index contributed by atoms with van der Waals surface area (Å²) in [6.45, 7) is 3.06. The molecule has 1 fully saturated rings. The van der Waals surface area contributed by atoms with Crippen LogP contribution in [-0.2, 0) is 27.0 Å². The summed E-state index contributed by atoms with van der Waals surface area (Å²) in [5.41, 5.74) is 7.35. The molecular weight excluding hydrogens is 290 g/mol. The Morgan fingerprint density at radius 3 is 2.76 bits per heavy atom. The minimum Gasteiger partial charge on any atom is -0.379 e. The molecule has 2 heterocycles. The highest BCUT2D eigenvalue weighted by Crippen LogP contribution is 2.33. The maximum absolute atomic E-state index is 11.7. The first-order chi connectivity index (χ1) is 9.73. The van der Waals surface area contributed by atoms with Gasteiger partial charge in [0.15, 0.2) is 9.84 Å². The van der Waals surface area contributed by atoms with Crippen LogP contribution in [0.4, 0.5) is 0 Å². The van der Waals surface area contributed by atoms with E-state index in [2.05, 4.69) is 4.98 Å². The Bertz CT molecular complexity index is 812. The van der Waals surface area contributed by atoms with Crippen molar-refractivity contribution in [2.24, 2.45) is 12.8 Å². The predicted octanol–water partition coefficient (Wildman–Crippen LogP) is 0.592. The number of aryl methyl sites for hydroxylation is 1. The molecule has 1 aliphatic heterocycles. The van der Waals surface area contributed by atoms with Crippen molar-refractivity contribution in [2.45, 2.75) is 23.3 Å². The van der Waals surface area contributed by atoms with Crippen LogP contribution < -0.4 is 5.73 Å². The van der Waals surface area contributed by atoms with Gasteiger partial charge in [0.05, 0.1) is 34.6 Å². The van der Waals surface area contributed by atoms with Gasteiger partial charge in [0.1, 0.15) is 5.82 Å². The summed E-state index contributed by atoms with van der Waals surface area (Å²) in [4.78, 5) is 4.90. The van der Waals surface area contributed by atoms with E-state index in [1.165, 1.54) is 6.26 Å². The molecule has 2 atom stereocenters. The quantitative estimate of drug-likeness (QED) is 0.877. The number of aromatic nitrogens is 2. The van der Waals surface area contributed by atoms with Crippen LogP contribution in [0.3, 0.4) is 0 Å². The molecule has 6 nitrogen and oxygen atoms in total.